The molecule has 30 heavy (non-hydrogen) atoms. The standard InChI is InChI=1S/C24H29NO5/c1-27-20-15-17-7-4-6-16-14-18(24(26)25-10-12-30-13-11-25)8-5-9-19(16)21(17)23(29-3)22(20)28-2/h5,9,14-15H,4,6-8,10-13H2,1-3H3. The summed E-state index contributed by atoms with van der Waals surface area (Å²) in [6, 6.07) is 2.05. The summed E-state index contributed by atoms with van der Waals surface area (Å²) in [6.07, 6.45) is 9.73. The Labute approximate surface area is 177 Å². The Morgan fingerprint density at radius 2 is 1.80 bits per heavy atom. The molecular formula is C24H29NO5. The number of benzene rings is 1. The highest BCUT2D eigenvalue weighted by molar-refractivity contribution is 5.96. The van der Waals surface area contributed by atoms with Gasteiger partial charge >= 0.3 is 0 Å². The minimum absolute atomic E-state index is 0.112. The third-order valence-electron chi connectivity index (χ3n) is 5.96. The normalized spacial score (nSPS) is 18.6. The van der Waals surface area contributed by atoms with Gasteiger partial charge in [0.2, 0.25) is 11.7 Å². The number of carbonyl (C=O) groups is 1. The number of carbonyl (C=O) groups excluding carboxylic acids is 1. The van der Waals surface area contributed by atoms with Crippen LogP contribution in [-0.2, 0) is 16.0 Å². The Morgan fingerprint density at radius 3 is 2.50 bits per heavy atom. The molecule has 6 heteroatoms. The summed E-state index contributed by atoms with van der Waals surface area (Å²) in [7, 11) is 4.93. The summed E-state index contributed by atoms with van der Waals surface area (Å²) in [5.41, 5.74) is 5.32. The van der Waals surface area contributed by atoms with E-state index >= 15 is 0 Å². The van der Waals surface area contributed by atoms with Crippen LogP contribution >= 0.6 is 0 Å². The third kappa shape index (κ3) is 3.72. The van der Waals surface area contributed by atoms with Crippen LogP contribution < -0.4 is 14.2 Å². The number of morpholine rings is 1. The molecule has 2 aliphatic carbocycles. The van der Waals surface area contributed by atoms with Crippen LogP contribution in [0.3, 0.4) is 0 Å². The molecule has 1 aliphatic heterocycles. The number of fused-ring (bicyclic) bond motifs is 2. The quantitative estimate of drug-likeness (QED) is 0.759. The largest absolute Gasteiger partial charge is 0.493 e. The molecule has 1 saturated heterocycles. The van der Waals surface area contributed by atoms with Crippen molar-refractivity contribution in [1.29, 1.82) is 0 Å². The van der Waals surface area contributed by atoms with E-state index in [-0.39, 0.29) is 5.91 Å². The second kappa shape index (κ2) is 8.96. The number of methoxy groups -OCH3 is 3. The molecule has 0 N–H and O–H groups in total. The van der Waals surface area contributed by atoms with E-state index in [1.807, 2.05) is 4.90 Å². The van der Waals surface area contributed by atoms with Crippen LogP contribution in [0, 0.1) is 0 Å². The Balaban J connectivity index is 1.81. The number of nitrogens with zero attached hydrogens (tertiary/aromatic N) is 1. The zero-order chi connectivity index (χ0) is 21.1. The third-order valence-corrected chi connectivity index (χ3v) is 5.96. The van der Waals surface area contributed by atoms with Crippen molar-refractivity contribution in [2.75, 3.05) is 47.6 Å². The molecule has 1 aromatic carbocycles. The summed E-state index contributed by atoms with van der Waals surface area (Å²) in [6.45, 7) is 2.52. The molecule has 0 spiro atoms. The Hall–Kier alpha value is -2.73. The van der Waals surface area contributed by atoms with Crippen molar-refractivity contribution in [3.8, 4) is 17.2 Å². The van der Waals surface area contributed by atoms with E-state index in [2.05, 4.69) is 24.3 Å². The molecule has 0 saturated carbocycles. The molecule has 0 aromatic heterocycles. The van der Waals surface area contributed by atoms with Crippen molar-refractivity contribution < 1.29 is 23.7 Å². The van der Waals surface area contributed by atoms with Gasteiger partial charge in [0, 0.05) is 24.2 Å². The maximum atomic E-state index is 13.1. The zero-order valence-corrected chi connectivity index (χ0v) is 18.0. The lowest BCUT2D eigenvalue weighted by Gasteiger charge is -2.27. The van der Waals surface area contributed by atoms with Gasteiger partial charge in [-0.2, -0.15) is 0 Å². The lowest BCUT2D eigenvalue weighted by Crippen LogP contribution is -2.41. The van der Waals surface area contributed by atoms with Crippen LogP contribution in [0.15, 0.2) is 35.4 Å². The summed E-state index contributed by atoms with van der Waals surface area (Å²) < 4.78 is 22.4. The first-order valence-corrected chi connectivity index (χ1v) is 10.5. The van der Waals surface area contributed by atoms with Gasteiger partial charge < -0.3 is 23.8 Å². The molecule has 0 atom stereocenters. The summed E-state index contributed by atoms with van der Waals surface area (Å²) in [5.74, 6) is 2.06. The zero-order valence-electron chi connectivity index (χ0n) is 18.0. The van der Waals surface area contributed by atoms with Gasteiger partial charge in [0.15, 0.2) is 11.5 Å². The van der Waals surface area contributed by atoms with Crippen LogP contribution in [0.1, 0.15) is 30.4 Å². The van der Waals surface area contributed by atoms with Crippen molar-refractivity contribution in [2.24, 2.45) is 0 Å². The highest BCUT2D eigenvalue weighted by Crippen LogP contribution is 2.48. The number of rotatable bonds is 4. The molecule has 1 amide bonds. The minimum atomic E-state index is 0.112. The van der Waals surface area contributed by atoms with E-state index in [0.29, 0.717) is 50.0 Å². The fourth-order valence-electron chi connectivity index (χ4n) is 4.50. The Bertz CT molecular complexity index is 922. The van der Waals surface area contributed by atoms with E-state index in [0.717, 1.165) is 36.0 Å². The first-order chi connectivity index (χ1) is 14.7. The smallest absolute Gasteiger partial charge is 0.250 e. The lowest BCUT2D eigenvalue weighted by molar-refractivity contribution is -0.131. The van der Waals surface area contributed by atoms with Crippen LogP contribution in [0.4, 0.5) is 0 Å². The minimum Gasteiger partial charge on any atom is -0.493 e. The lowest BCUT2D eigenvalue weighted by atomic mass is 9.94. The van der Waals surface area contributed by atoms with Crippen molar-refractivity contribution in [1.82, 2.24) is 4.90 Å². The molecule has 1 fully saturated rings. The van der Waals surface area contributed by atoms with Crippen molar-refractivity contribution in [2.45, 2.75) is 25.7 Å². The van der Waals surface area contributed by atoms with Gasteiger partial charge in [0.05, 0.1) is 34.5 Å². The molecule has 6 nitrogen and oxygen atoms in total. The van der Waals surface area contributed by atoms with Crippen molar-refractivity contribution in [3.05, 3.63) is 46.6 Å². The van der Waals surface area contributed by atoms with Crippen molar-refractivity contribution >= 4 is 11.5 Å². The van der Waals surface area contributed by atoms with Crippen LogP contribution in [0.25, 0.3) is 5.57 Å². The second-order valence-electron chi connectivity index (χ2n) is 7.65. The van der Waals surface area contributed by atoms with Gasteiger partial charge in [0.1, 0.15) is 0 Å². The first-order valence-electron chi connectivity index (χ1n) is 10.5. The van der Waals surface area contributed by atoms with Gasteiger partial charge in [-0.3, -0.25) is 4.79 Å². The van der Waals surface area contributed by atoms with E-state index < -0.39 is 0 Å². The SMILES string of the molecule is COc1cc2c(c(OC)c1OC)C1=C(C=C(C(=O)N3CCOCC3)CC=C1)CCC2. The van der Waals surface area contributed by atoms with E-state index in [9.17, 15) is 4.79 Å². The van der Waals surface area contributed by atoms with Gasteiger partial charge in [-0.15, -0.1) is 0 Å². The van der Waals surface area contributed by atoms with Gasteiger partial charge in [0.25, 0.3) is 0 Å². The molecule has 0 unspecified atom stereocenters. The van der Waals surface area contributed by atoms with Gasteiger partial charge in [-0.05, 0) is 54.5 Å². The number of ether oxygens (including phenoxy) is 4. The molecule has 1 heterocycles. The summed E-state index contributed by atoms with van der Waals surface area (Å²) in [5, 5.41) is 0. The molecule has 160 valence electrons. The molecular weight excluding hydrogens is 382 g/mol. The van der Waals surface area contributed by atoms with Crippen LogP contribution in [0.5, 0.6) is 17.2 Å². The Morgan fingerprint density at radius 1 is 1.03 bits per heavy atom. The summed E-state index contributed by atoms with van der Waals surface area (Å²) in [4.78, 5) is 15.0. The number of hydrogen-bond acceptors (Lipinski definition) is 5. The highest BCUT2D eigenvalue weighted by Gasteiger charge is 2.27. The maximum absolute atomic E-state index is 13.1. The van der Waals surface area contributed by atoms with Gasteiger partial charge in [-0.25, -0.2) is 0 Å². The molecule has 3 aliphatic rings. The summed E-state index contributed by atoms with van der Waals surface area (Å²) >= 11 is 0. The van der Waals surface area contributed by atoms with E-state index in [1.54, 1.807) is 21.3 Å². The van der Waals surface area contributed by atoms with Crippen molar-refractivity contribution in [3.63, 3.8) is 0 Å². The first kappa shape index (κ1) is 20.5. The molecule has 4 rings (SSSR count). The number of hydrogen-bond donors (Lipinski definition) is 0. The average molecular weight is 411 g/mol. The predicted molar refractivity (Wildman–Crippen MR) is 115 cm³/mol. The number of allylic oxidation sites excluding steroid dienone is 5. The van der Waals surface area contributed by atoms with Gasteiger partial charge in [-0.1, -0.05) is 12.2 Å². The molecule has 0 bridgehead atoms. The maximum Gasteiger partial charge on any atom is 0.250 e. The fourth-order valence-corrected chi connectivity index (χ4v) is 4.50. The predicted octanol–water partition coefficient (Wildman–Crippen LogP) is 3.55. The second-order valence-corrected chi connectivity index (χ2v) is 7.65. The number of aryl methyl sites for hydroxylation is 1. The van der Waals surface area contributed by atoms with E-state index in [1.165, 1.54) is 11.1 Å². The average Bonchev–Trinajstić information content (AvgIpc) is 3.09. The molecule has 0 radical (unpaired) electrons. The topological polar surface area (TPSA) is 57.2 Å². The number of amides is 1. The van der Waals surface area contributed by atoms with Crippen LogP contribution in [0.2, 0.25) is 0 Å². The Kier molecular flexibility index (Phi) is 6.13. The van der Waals surface area contributed by atoms with Crippen LogP contribution in [-0.4, -0.2) is 58.4 Å². The highest BCUT2D eigenvalue weighted by atomic mass is 16.5. The van der Waals surface area contributed by atoms with E-state index in [4.69, 9.17) is 18.9 Å². The molecule has 1 aromatic rings. The monoisotopic (exact) mass is 411 g/mol. The fraction of sp³-hybridized carbons (Fsp3) is 0.458.